The summed E-state index contributed by atoms with van der Waals surface area (Å²) < 4.78 is 0. The molecule has 0 aliphatic carbocycles. The summed E-state index contributed by atoms with van der Waals surface area (Å²) in [5.41, 5.74) is 2.71. The molecule has 15 heavy (non-hydrogen) atoms. The van der Waals surface area contributed by atoms with Crippen LogP contribution in [0.1, 0.15) is 16.7 Å². The van der Waals surface area contributed by atoms with Gasteiger partial charge < -0.3 is 4.98 Å². The Bertz CT molecular complexity index is 501. The molecule has 1 N–H and O–H groups in total. The molecule has 2 heteroatoms. The molecule has 0 saturated heterocycles. The molecule has 0 saturated carbocycles. The zero-order valence-electron chi connectivity index (χ0n) is 8.14. The second-order valence-electron chi connectivity index (χ2n) is 3.18. The minimum absolute atomic E-state index is 0.669. The number of rotatable bonds is 2. The molecule has 1 aromatic heterocycles. The summed E-state index contributed by atoms with van der Waals surface area (Å²) in [5.74, 6) is 0. The van der Waals surface area contributed by atoms with Crippen LogP contribution in [0.15, 0.2) is 42.7 Å². The Morgan fingerprint density at radius 2 is 1.87 bits per heavy atom. The zero-order valence-corrected chi connectivity index (χ0v) is 8.14. The van der Waals surface area contributed by atoms with E-state index < -0.39 is 0 Å². The maximum atomic E-state index is 8.80. The van der Waals surface area contributed by atoms with Crippen molar-refractivity contribution in [3.63, 3.8) is 0 Å². The van der Waals surface area contributed by atoms with Crippen molar-refractivity contribution in [3.05, 3.63) is 59.4 Å². The molecule has 0 unspecified atom stereocenters. The average molecular weight is 194 g/mol. The van der Waals surface area contributed by atoms with E-state index in [-0.39, 0.29) is 0 Å². The van der Waals surface area contributed by atoms with Crippen molar-refractivity contribution in [1.82, 2.24) is 4.98 Å². The Hall–Kier alpha value is -2.27. The maximum absolute atomic E-state index is 8.80. The van der Waals surface area contributed by atoms with Gasteiger partial charge in [0, 0.05) is 18.0 Å². The molecular weight excluding hydrogens is 184 g/mol. The summed E-state index contributed by atoms with van der Waals surface area (Å²) >= 11 is 0. The number of nitrogens with zero attached hydrogens (tertiary/aromatic N) is 1. The zero-order chi connectivity index (χ0) is 10.5. The number of nitriles is 1. The molecule has 72 valence electrons. The number of benzene rings is 1. The average Bonchev–Trinajstić information content (AvgIpc) is 2.75. The van der Waals surface area contributed by atoms with Crippen molar-refractivity contribution in [2.24, 2.45) is 0 Å². The number of hydrogen-bond acceptors (Lipinski definition) is 1. The second-order valence-corrected chi connectivity index (χ2v) is 3.18. The van der Waals surface area contributed by atoms with Gasteiger partial charge in [-0.15, -0.1) is 0 Å². The fourth-order valence-electron chi connectivity index (χ4n) is 1.36. The highest BCUT2D eigenvalue weighted by Crippen LogP contribution is 2.11. The molecule has 2 nitrogen and oxygen atoms in total. The maximum Gasteiger partial charge on any atom is 0.101 e. The summed E-state index contributed by atoms with van der Waals surface area (Å²) in [6, 6.07) is 12.1. The summed E-state index contributed by atoms with van der Waals surface area (Å²) in [4.78, 5) is 2.91. The van der Waals surface area contributed by atoms with E-state index in [0.29, 0.717) is 5.56 Å². The Morgan fingerprint density at radius 1 is 1.07 bits per heavy atom. The molecule has 2 rings (SSSR count). The normalized spacial score (nSPS) is 10.3. The number of hydrogen-bond donors (Lipinski definition) is 1. The quantitative estimate of drug-likeness (QED) is 0.784. The third kappa shape index (κ3) is 2.15. The van der Waals surface area contributed by atoms with E-state index in [1.165, 1.54) is 0 Å². The lowest BCUT2D eigenvalue weighted by Crippen LogP contribution is -1.72. The van der Waals surface area contributed by atoms with Gasteiger partial charge >= 0.3 is 0 Å². The van der Waals surface area contributed by atoms with Crippen LogP contribution in [0.5, 0.6) is 0 Å². The molecule has 1 heterocycles. The summed E-state index contributed by atoms with van der Waals surface area (Å²) in [7, 11) is 0. The molecule has 0 amide bonds. The first-order valence-corrected chi connectivity index (χ1v) is 4.70. The van der Waals surface area contributed by atoms with Gasteiger partial charge in [0.25, 0.3) is 0 Å². The van der Waals surface area contributed by atoms with Gasteiger partial charge in [-0.05, 0) is 5.56 Å². The molecule has 0 bridgehead atoms. The van der Waals surface area contributed by atoms with E-state index in [1.54, 1.807) is 6.20 Å². The third-order valence-electron chi connectivity index (χ3n) is 2.15. The highest BCUT2D eigenvalue weighted by molar-refractivity contribution is 5.72. The number of H-pyrrole nitrogens is 1. The van der Waals surface area contributed by atoms with Gasteiger partial charge in [0.1, 0.15) is 6.07 Å². The van der Waals surface area contributed by atoms with E-state index in [1.807, 2.05) is 48.7 Å². The number of aromatic amines is 1. The lowest BCUT2D eigenvalue weighted by atomic mass is 10.1. The fourth-order valence-corrected chi connectivity index (χ4v) is 1.36. The van der Waals surface area contributed by atoms with Crippen molar-refractivity contribution < 1.29 is 0 Å². The second kappa shape index (κ2) is 4.30. The fraction of sp³-hybridized carbons (Fsp3) is 0. The molecule has 0 radical (unpaired) electrons. The SMILES string of the molecule is N#Cc1c[nH]cc1C=Cc1ccccc1. The number of nitrogens with one attached hydrogen (secondary N) is 1. The smallest absolute Gasteiger partial charge is 0.101 e. The minimum atomic E-state index is 0.669. The Kier molecular flexibility index (Phi) is 2.66. The van der Waals surface area contributed by atoms with Crippen LogP contribution in [-0.4, -0.2) is 4.98 Å². The third-order valence-corrected chi connectivity index (χ3v) is 2.15. The monoisotopic (exact) mass is 194 g/mol. The van der Waals surface area contributed by atoms with Gasteiger partial charge in [-0.25, -0.2) is 0 Å². The van der Waals surface area contributed by atoms with Crippen molar-refractivity contribution in [3.8, 4) is 6.07 Å². The van der Waals surface area contributed by atoms with Gasteiger partial charge in [0.15, 0.2) is 0 Å². The first-order chi connectivity index (χ1) is 7.40. The van der Waals surface area contributed by atoms with Crippen molar-refractivity contribution in [2.45, 2.75) is 0 Å². The van der Waals surface area contributed by atoms with Crippen molar-refractivity contribution in [2.75, 3.05) is 0 Å². The van der Waals surface area contributed by atoms with Gasteiger partial charge in [0.2, 0.25) is 0 Å². The molecule has 0 aliphatic heterocycles. The predicted octanol–water partition coefficient (Wildman–Crippen LogP) is 3.06. The molecule has 1 aromatic carbocycles. The van der Waals surface area contributed by atoms with Crippen LogP contribution >= 0.6 is 0 Å². The first kappa shape index (κ1) is 9.29. The van der Waals surface area contributed by atoms with Crippen LogP contribution in [0.2, 0.25) is 0 Å². The van der Waals surface area contributed by atoms with Crippen LogP contribution in [0.25, 0.3) is 12.2 Å². The first-order valence-electron chi connectivity index (χ1n) is 4.70. The summed E-state index contributed by atoms with van der Waals surface area (Å²) in [6.07, 6.45) is 7.44. The van der Waals surface area contributed by atoms with E-state index >= 15 is 0 Å². The lowest BCUT2D eigenvalue weighted by molar-refractivity contribution is 1.40. The topological polar surface area (TPSA) is 39.6 Å². The predicted molar refractivity (Wildman–Crippen MR) is 60.9 cm³/mol. The minimum Gasteiger partial charge on any atom is -0.366 e. The summed E-state index contributed by atoms with van der Waals surface area (Å²) in [5, 5.41) is 8.80. The Balaban J connectivity index is 2.23. The van der Waals surface area contributed by atoms with E-state index in [0.717, 1.165) is 11.1 Å². The van der Waals surface area contributed by atoms with E-state index in [2.05, 4.69) is 11.1 Å². The van der Waals surface area contributed by atoms with Gasteiger partial charge in [-0.3, -0.25) is 0 Å². The highest BCUT2D eigenvalue weighted by atomic mass is 14.6. The van der Waals surface area contributed by atoms with Gasteiger partial charge in [-0.2, -0.15) is 5.26 Å². The molecule has 0 spiro atoms. The van der Waals surface area contributed by atoms with Crippen LogP contribution in [-0.2, 0) is 0 Å². The van der Waals surface area contributed by atoms with Gasteiger partial charge in [-0.1, -0.05) is 42.5 Å². The van der Waals surface area contributed by atoms with Crippen LogP contribution in [0, 0.1) is 11.3 Å². The number of aromatic nitrogens is 1. The largest absolute Gasteiger partial charge is 0.366 e. The van der Waals surface area contributed by atoms with Crippen LogP contribution in [0.3, 0.4) is 0 Å². The standard InChI is InChI=1S/C13H10N2/c14-8-13-10-15-9-12(13)7-6-11-4-2-1-3-5-11/h1-7,9-10,15H. The molecule has 0 aliphatic rings. The summed E-state index contributed by atoms with van der Waals surface area (Å²) in [6.45, 7) is 0. The van der Waals surface area contributed by atoms with E-state index in [9.17, 15) is 0 Å². The lowest BCUT2D eigenvalue weighted by Gasteiger charge is -1.90. The highest BCUT2D eigenvalue weighted by Gasteiger charge is 1.97. The molecule has 0 fully saturated rings. The molecule has 2 aromatic rings. The molecular formula is C13H10N2. The van der Waals surface area contributed by atoms with Crippen molar-refractivity contribution >= 4 is 12.2 Å². The van der Waals surface area contributed by atoms with Crippen molar-refractivity contribution in [1.29, 1.82) is 5.26 Å². The van der Waals surface area contributed by atoms with Crippen LogP contribution in [0.4, 0.5) is 0 Å². The van der Waals surface area contributed by atoms with Gasteiger partial charge in [0.05, 0.1) is 5.56 Å². The van der Waals surface area contributed by atoms with E-state index in [4.69, 9.17) is 5.26 Å². The van der Waals surface area contributed by atoms with Crippen LogP contribution < -0.4 is 0 Å². The molecule has 0 atom stereocenters. The Morgan fingerprint density at radius 3 is 2.60 bits per heavy atom. The Labute approximate surface area is 88.5 Å².